The lowest BCUT2D eigenvalue weighted by Gasteiger charge is -2.20. The number of hydrogen-bond donors (Lipinski definition) is 1. The number of carbonyl (C=O) groups excluding carboxylic acids is 2. The van der Waals surface area contributed by atoms with Gasteiger partial charge in [0.15, 0.2) is 6.61 Å². The Kier molecular flexibility index (Phi) is 7.79. The van der Waals surface area contributed by atoms with Crippen LogP contribution in [0, 0.1) is 0 Å². The maximum Gasteiger partial charge on any atom is 0.260 e. The molecule has 22 heavy (non-hydrogen) atoms. The normalized spacial score (nSPS) is 10.2. The van der Waals surface area contributed by atoms with Crippen LogP contribution in [0.15, 0.2) is 12.1 Å². The fourth-order valence-corrected chi connectivity index (χ4v) is 2.24. The van der Waals surface area contributed by atoms with E-state index in [1.807, 2.05) is 6.92 Å². The second-order valence-corrected chi connectivity index (χ2v) is 5.57. The third-order valence-electron chi connectivity index (χ3n) is 2.77. The molecule has 1 N–H and O–H groups in total. The molecule has 0 unspecified atom stereocenters. The first-order valence-corrected chi connectivity index (χ1v) is 7.84. The highest BCUT2D eigenvalue weighted by atomic mass is 35.5. The van der Waals surface area contributed by atoms with Gasteiger partial charge in [-0.2, -0.15) is 0 Å². The van der Waals surface area contributed by atoms with E-state index in [0.29, 0.717) is 18.1 Å². The summed E-state index contributed by atoms with van der Waals surface area (Å²) in [5.74, 6) is -0.278. The zero-order chi connectivity index (χ0) is 16.7. The van der Waals surface area contributed by atoms with Gasteiger partial charge in [-0.1, -0.05) is 34.8 Å². The van der Waals surface area contributed by atoms with Crippen LogP contribution in [0.25, 0.3) is 0 Å². The van der Waals surface area contributed by atoms with Crippen LogP contribution in [-0.4, -0.2) is 43.0 Å². The molecule has 122 valence electrons. The first-order chi connectivity index (χ1) is 10.4. The quantitative estimate of drug-likeness (QED) is 0.754. The lowest BCUT2D eigenvalue weighted by Crippen LogP contribution is -2.42. The molecule has 8 heteroatoms. The van der Waals surface area contributed by atoms with Crippen LogP contribution in [0.4, 0.5) is 0 Å². The minimum Gasteiger partial charge on any atom is -0.482 e. The molecule has 0 radical (unpaired) electrons. The molecule has 0 aliphatic heterocycles. The van der Waals surface area contributed by atoms with Crippen LogP contribution in [0.3, 0.4) is 0 Å². The largest absolute Gasteiger partial charge is 0.482 e. The van der Waals surface area contributed by atoms with Crippen molar-refractivity contribution in [2.24, 2.45) is 0 Å². The number of amides is 2. The third-order valence-corrected chi connectivity index (χ3v) is 3.79. The van der Waals surface area contributed by atoms with E-state index in [1.54, 1.807) is 6.92 Å². The summed E-state index contributed by atoms with van der Waals surface area (Å²) in [5.41, 5.74) is 0. The summed E-state index contributed by atoms with van der Waals surface area (Å²) >= 11 is 17.7. The van der Waals surface area contributed by atoms with Crippen molar-refractivity contribution in [3.63, 3.8) is 0 Å². The van der Waals surface area contributed by atoms with Gasteiger partial charge in [0.25, 0.3) is 5.91 Å². The van der Waals surface area contributed by atoms with Crippen molar-refractivity contribution < 1.29 is 14.3 Å². The van der Waals surface area contributed by atoms with Crippen molar-refractivity contribution in [3.05, 3.63) is 27.2 Å². The molecular weight excluding hydrogens is 351 g/mol. The summed E-state index contributed by atoms with van der Waals surface area (Å²) in [6, 6.07) is 2.89. The fourth-order valence-electron chi connectivity index (χ4n) is 1.65. The van der Waals surface area contributed by atoms with Crippen LogP contribution in [0.5, 0.6) is 5.75 Å². The molecule has 0 aliphatic rings. The van der Waals surface area contributed by atoms with Gasteiger partial charge < -0.3 is 15.0 Å². The van der Waals surface area contributed by atoms with Gasteiger partial charge >= 0.3 is 0 Å². The molecule has 0 saturated heterocycles. The predicted molar refractivity (Wildman–Crippen MR) is 87.9 cm³/mol. The van der Waals surface area contributed by atoms with Gasteiger partial charge in [0, 0.05) is 19.2 Å². The van der Waals surface area contributed by atoms with E-state index in [1.165, 1.54) is 17.0 Å². The minimum absolute atomic E-state index is 0.0123. The van der Waals surface area contributed by atoms with Gasteiger partial charge in [-0.3, -0.25) is 9.59 Å². The van der Waals surface area contributed by atoms with E-state index in [9.17, 15) is 9.59 Å². The van der Waals surface area contributed by atoms with E-state index in [2.05, 4.69) is 5.32 Å². The van der Waals surface area contributed by atoms with Crippen molar-refractivity contribution in [3.8, 4) is 5.75 Å². The Bertz CT molecular complexity index is 552. The molecule has 1 rings (SSSR count). The number of carbonyl (C=O) groups is 2. The smallest absolute Gasteiger partial charge is 0.260 e. The molecule has 0 spiro atoms. The SMILES string of the molecule is CCNC(=O)CN(CC)C(=O)COc1cc(Cl)c(Cl)cc1Cl. The number of rotatable bonds is 7. The summed E-state index contributed by atoms with van der Waals surface area (Å²) in [7, 11) is 0. The van der Waals surface area contributed by atoms with E-state index in [4.69, 9.17) is 39.5 Å². The number of nitrogens with one attached hydrogen (secondary N) is 1. The Labute approximate surface area is 144 Å². The molecule has 5 nitrogen and oxygen atoms in total. The standard InChI is InChI=1S/C14H17Cl3N2O3/c1-3-18-13(20)7-19(4-2)14(21)8-22-12-6-10(16)9(15)5-11(12)17/h5-6H,3-4,7-8H2,1-2H3,(H,18,20). The van der Waals surface area contributed by atoms with Crippen LogP contribution < -0.4 is 10.1 Å². The fraction of sp³-hybridized carbons (Fsp3) is 0.429. The maximum absolute atomic E-state index is 12.1. The van der Waals surface area contributed by atoms with Crippen LogP contribution in [0.1, 0.15) is 13.8 Å². The maximum atomic E-state index is 12.1. The highest BCUT2D eigenvalue weighted by Gasteiger charge is 2.17. The number of halogens is 3. The summed E-state index contributed by atoms with van der Waals surface area (Å²) in [5, 5.41) is 3.48. The van der Waals surface area contributed by atoms with Crippen molar-refractivity contribution in [1.29, 1.82) is 0 Å². The van der Waals surface area contributed by atoms with Gasteiger partial charge in [-0.05, 0) is 19.9 Å². The van der Waals surface area contributed by atoms with Gasteiger partial charge in [0.1, 0.15) is 5.75 Å². The van der Waals surface area contributed by atoms with Crippen LogP contribution in [-0.2, 0) is 9.59 Å². The molecule has 1 aromatic carbocycles. The number of ether oxygens (including phenoxy) is 1. The number of hydrogen-bond acceptors (Lipinski definition) is 3. The van der Waals surface area contributed by atoms with Gasteiger partial charge in [0.2, 0.25) is 5.91 Å². The molecule has 0 aliphatic carbocycles. The first kappa shape index (κ1) is 18.9. The van der Waals surface area contributed by atoms with Crippen molar-refractivity contribution in [1.82, 2.24) is 10.2 Å². The first-order valence-electron chi connectivity index (χ1n) is 6.70. The molecule has 2 amide bonds. The van der Waals surface area contributed by atoms with Crippen molar-refractivity contribution in [2.75, 3.05) is 26.2 Å². The Hall–Kier alpha value is -1.17. The average molecular weight is 368 g/mol. The zero-order valence-electron chi connectivity index (χ0n) is 12.3. The van der Waals surface area contributed by atoms with Crippen molar-refractivity contribution >= 4 is 46.6 Å². The zero-order valence-corrected chi connectivity index (χ0v) is 14.6. The molecule has 0 bridgehead atoms. The molecule has 0 atom stereocenters. The Morgan fingerprint density at radius 2 is 1.77 bits per heavy atom. The van der Waals surface area contributed by atoms with E-state index < -0.39 is 0 Å². The molecule has 0 fully saturated rings. The lowest BCUT2D eigenvalue weighted by molar-refractivity contribution is -0.137. The Morgan fingerprint density at radius 3 is 2.36 bits per heavy atom. The number of likely N-dealkylation sites (N-methyl/N-ethyl adjacent to an activating group) is 2. The Balaban J connectivity index is 2.64. The summed E-state index contributed by atoms with van der Waals surface area (Å²) in [4.78, 5) is 25.0. The second kappa shape index (κ2) is 9.08. The topological polar surface area (TPSA) is 58.6 Å². The molecule has 0 aromatic heterocycles. The summed E-state index contributed by atoms with van der Waals surface area (Å²) < 4.78 is 5.36. The molecular formula is C14H17Cl3N2O3. The molecule has 0 heterocycles. The number of nitrogens with zero attached hydrogens (tertiary/aromatic N) is 1. The van der Waals surface area contributed by atoms with Gasteiger partial charge in [0.05, 0.1) is 21.6 Å². The summed E-state index contributed by atoms with van der Waals surface area (Å²) in [6.07, 6.45) is 0. The Morgan fingerprint density at radius 1 is 1.14 bits per heavy atom. The van der Waals surface area contributed by atoms with Crippen LogP contribution >= 0.6 is 34.8 Å². The van der Waals surface area contributed by atoms with E-state index >= 15 is 0 Å². The highest BCUT2D eigenvalue weighted by Crippen LogP contribution is 2.33. The van der Waals surface area contributed by atoms with E-state index in [-0.39, 0.29) is 40.8 Å². The average Bonchev–Trinajstić information content (AvgIpc) is 2.47. The van der Waals surface area contributed by atoms with Gasteiger partial charge in [-0.25, -0.2) is 0 Å². The van der Waals surface area contributed by atoms with Crippen molar-refractivity contribution in [2.45, 2.75) is 13.8 Å². The highest BCUT2D eigenvalue weighted by molar-refractivity contribution is 6.43. The summed E-state index contributed by atoms with van der Waals surface area (Å²) in [6.45, 7) is 4.25. The van der Waals surface area contributed by atoms with Crippen LogP contribution in [0.2, 0.25) is 15.1 Å². The molecule has 0 saturated carbocycles. The van der Waals surface area contributed by atoms with E-state index in [0.717, 1.165) is 0 Å². The minimum atomic E-state index is -0.323. The monoisotopic (exact) mass is 366 g/mol. The lowest BCUT2D eigenvalue weighted by atomic mass is 10.3. The third kappa shape index (κ3) is 5.55. The van der Waals surface area contributed by atoms with Gasteiger partial charge in [-0.15, -0.1) is 0 Å². The number of benzene rings is 1. The molecule has 1 aromatic rings. The second-order valence-electron chi connectivity index (χ2n) is 4.35. The predicted octanol–water partition coefficient (Wildman–Crippen LogP) is 3.01.